The molecule has 2 heterocycles. The number of amides is 1. The number of aryl methyl sites for hydroxylation is 2. The lowest BCUT2D eigenvalue weighted by Gasteiger charge is -2.08. The van der Waals surface area contributed by atoms with Crippen LogP contribution in [0.25, 0.3) is 0 Å². The van der Waals surface area contributed by atoms with E-state index in [0.717, 1.165) is 17.9 Å². The van der Waals surface area contributed by atoms with Crippen LogP contribution >= 0.6 is 0 Å². The topological polar surface area (TPSA) is 66.9 Å². The lowest BCUT2D eigenvalue weighted by Crippen LogP contribution is -2.14. The number of pyridine rings is 2. The Morgan fingerprint density at radius 2 is 1.85 bits per heavy atom. The van der Waals surface area contributed by atoms with Crippen LogP contribution < -0.4 is 10.6 Å². The lowest BCUT2D eigenvalue weighted by molar-refractivity contribution is 0.102. The quantitative estimate of drug-likeness (QED) is 0.896. The van der Waals surface area contributed by atoms with Crippen molar-refractivity contribution in [3.05, 3.63) is 47.3 Å². The summed E-state index contributed by atoms with van der Waals surface area (Å²) in [6.07, 6.45) is 0. The van der Waals surface area contributed by atoms with Gasteiger partial charge in [0, 0.05) is 23.5 Å². The molecule has 2 N–H and O–H groups in total. The van der Waals surface area contributed by atoms with E-state index in [1.807, 2.05) is 32.9 Å². The standard InChI is InChI=1S/C15H18N4O/c1-4-16-14-9-12(8-11(3)18-14)15(20)19-13-7-5-6-10(2)17-13/h5-9H,4H2,1-3H3,(H,16,18)(H,17,19,20). The van der Waals surface area contributed by atoms with Gasteiger partial charge in [-0.2, -0.15) is 0 Å². The van der Waals surface area contributed by atoms with Gasteiger partial charge in [0.1, 0.15) is 11.6 Å². The Hall–Kier alpha value is -2.43. The van der Waals surface area contributed by atoms with E-state index < -0.39 is 0 Å². The molecule has 5 nitrogen and oxygen atoms in total. The molecule has 0 aromatic carbocycles. The van der Waals surface area contributed by atoms with Crippen molar-refractivity contribution in [2.24, 2.45) is 0 Å². The van der Waals surface area contributed by atoms with Gasteiger partial charge in [0.05, 0.1) is 0 Å². The molecule has 0 saturated heterocycles. The molecule has 0 unspecified atom stereocenters. The summed E-state index contributed by atoms with van der Waals surface area (Å²) < 4.78 is 0. The van der Waals surface area contributed by atoms with Gasteiger partial charge in [-0.25, -0.2) is 9.97 Å². The zero-order chi connectivity index (χ0) is 14.5. The van der Waals surface area contributed by atoms with E-state index in [1.54, 1.807) is 18.2 Å². The minimum atomic E-state index is -0.187. The number of nitrogens with one attached hydrogen (secondary N) is 2. The van der Waals surface area contributed by atoms with Crippen LogP contribution in [-0.4, -0.2) is 22.4 Å². The van der Waals surface area contributed by atoms with Gasteiger partial charge in [0.25, 0.3) is 5.91 Å². The smallest absolute Gasteiger partial charge is 0.257 e. The minimum Gasteiger partial charge on any atom is -0.370 e. The van der Waals surface area contributed by atoms with E-state index in [2.05, 4.69) is 20.6 Å². The predicted octanol–water partition coefficient (Wildman–Crippen LogP) is 2.78. The Labute approximate surface area is 118 Å². The maximum atomic E-state index is 12.2. The number of hydrogen-bond acceptors (Lipinski definition) is 4. The molecular weight excluding hydrogens is 252 g/mol. The molecule has 20 heavy (non-hydrogen) atoms. The summed E-state index contributed by atoms with van der Waals surface area (Å²) in [6.45, 7) is 6.50. The molecule has 0 atom stereocenters. The monoisotopic (exact) mass is 270 g/mol. The molecule has 0 aliphatic carbocycles. The fourth-order valence-corrected chi connectivity index (χ4v) is 1.87. The molecule has 0 aliphatic rings. The van der Waals surface area contributed by atoms with Gasteiger partial charge in [0.2, 0.25) is 0 Å². The number of aromatic nitrogens is 2. The third kappa shape index (κ3) is 3.54. The Balaban J connectivity index is 2.20. The second kappa shape index (κ2) is 6.14. The summed E-state index contributed by atoms with van der Waals surface area (Å²) in [4.78, 5) is 20.8. The first-order valence-electron chi connectivity index (χ1n) is 6.56. The van der Waals surface area contributed by atoms with Crippen molar-refractivity contribution >= 4 is 17.5 Å². The number of hydrogen-bond donors (Lipinski definition) is 2. The van der Waals surface area contributed by atoms with Crippen molar-refractivity contribution in [2.45, 2.75) is 20.8 Å². The highest BCUT2D eigenvalue weighted by atomic mass is 16.1. The minimum absolute atomic E-state index is 0.187. The lowest BCUT2D eigenvalue weighted by atomic mass is 10.2. The first kappa shape index (κ1) is 14.0. The summed E-state index contributed by atoms with van der Waals surface area (Å²) in [6, 6.07) is 9.01. The number of carbonyl (C=O) groups excluding carboxylic acids is 1. The van der Waals surface area contributed by atoms with Gasteiger partial charge in [-0.15, -0.1) is 0 Å². The average molecular weight is 270 g/mol. The van der Waals surface area contributed by atoms with Crippen molar-refractivity contribution in [3.63, 3.8) is 0 Å². The van der Waals surface area contributed by atoms with Crippen LogP contribution in [0.4, 0.5) is 11.6 Å². The second-order valence-corrected chi connectivity index (χ2v) is 4.53. The third-order valence-corrected chi connectivity index (χ3v) is 2.70. The first-order valence-corrected chi connectivity index (χ1v) is 6.56. The highest BCUT2D eigenvalue weighted by Crippen LogP contribution is 2.12. The molecular formula is C15H18N4O. The Kier molecular flexibility index (Phi) is 4.30. The summed E-state index contributed by atoms with van der Waals surface area (Å²) in [7, 11) is 0. The van der Waals surface area contributed by atoms with Gasteiger partial charge in [-0.3, -0.25) is 4.79 Å². The van der Waals surface area contributed by atoms with Crippen LogP contribution in [0.3, 0.4) is 0 Å². The van der Waals surface area contributed by atoms with Crippen LogP contribution in [0.15, 0.2) is 30.3 Å². The Morgan fingerprint density at radius 3 is 2.55 bits per heavy atom. The molecule has 0 radical (unpaired) electrons. The van der Waals surface area contributed by atoms with Crippen molar-refractivity contribution in [2.75, 3.05) is 17.2 Å². The van der Waals surface area contributed by atoms with Gasteiger partial charge in [-0.1, -0.05) is 6.07 Å². The SMILES string of the molecule is CCNc1cc(C(=O)Nc2cccc(C)n2)cc(C)n1. The van der Waals surface area contributed by atoms with Crippen LogP contribution in [-0.2, 0) is 0 Å². The molecule has 2 aromatic rings. The molecule has 0 saturated carbocycles. The third-order valence-electron chi connectivity index (χ3n) is 2.70. The van der Waals surface area contributed by atoms with Crippen LogP contribution in [0.5, 0.6) is 0 Å². The summed E-state index contributed by atoms with van der Waals surface area (Å²) in [5.41, 5.74) is 2.23. The molecule has 2 rings (SSSR count). The maximum absolute atomic E-state index is 12.2. The zero-order valence-corrected chi connectivity index (χ0v) is 11.9. The Bertz CT molecular complexity index is 625. The number of carbonyl (C=O) groups is 1. The Morgan fingerprint density at radius 1 is 1.10 bits per heavy atom. The molecule has 104 valence electrons. The highest BCUT2D eigenvalue weighted by molar-refractivity contribution is 6.04. The van der Waals surface area contributed by atoms with Gasteiger partial charge in [0.15, 0.2) is 0 Å². The highest BCUT2D eigenvalue weighted by Gasteiger charge is 2.09. The molecule has 0 aliphatic heterocycles. The number of anilines is 2. The summed E-state index contributed by atoms with van der Waals surface area (Å²) in [5.74, 6) is 1.07. The van der Waals surface area contributed by atoms with Gasteiger partial charge < -0.3 is 10.6 Å². The summed E-state index contributed by atoms with van der Waals surface area (Å²) >= 11 is 0. The van der Waals surface area contributed by atoms with Crippen LogP contribution in [0.1, 0.15) is 28.7 Å². The largest absolute Gasteiger partial charge is 0.370 e. The van der Waals surface area contributed by atoms with Crippen molar-refractivity contribution in [1.82, 2.24) is 9.97 Å². The summed E-state index contributed by atoms with van der Waals surface area (Å²) in [5, 5.41) is 5.90. The van der Waals surface area contributed by atoms with Crippen LogP contribution in [0, 0.1) is 13.8 Å². The fourth-order valence-electron chi connectivity index (χ4n) is 1.87. The van der Waals surface area contributed by atoms with E-state index in [9.17, 15) is 4.79 Å². The molecule has 0 fully saturated rings. The fraction of sp³-hybridized carbons (Fsp3) is 0.267. The van der Waals surface area contributed by atoms with E-state index in [0.29, 0.717) is 17.2 Å². The maximum Gasteiger partial charge on any atom is 0.257 e. The van der Waals surface area contributed by atoms with Gasteiger partial charge >= 0.3 is 0 Å². The molecule has 2 aromatic heterocycles. The molecule has 0 spiro atoms. The normalized spacial score (nSPS) is 10.2. The second-order valence-electron chi connectivity index (χ2n) is 4.53. The molecule has 5 heteroatoms. The van der Waals surface area contributed by atoms with E-state index >= 15 is 0 Å². The zero-order valence-electron chi connectivity index (χ0n) is 11.9. The van der Waals surface area contributed by atoms with Crippen molar-refractivity contribution in [3.8, 4) is 0 Å². The number of nitrogens with zero attached hydrogens (tertiary/aromatic N) is 2. The van der Waals surface area contributed by atoms with Crippen LogP contribution in [0.2, 0.25) is 0 Å². The van der Waals surface area contributed by atoms with Gasteiger partial charge in [-0.05, 0) is 45.0 Å². The molecule has 0 bridgehead atoms. The first-order chi connectivity index (χ1) is 9.58. The van der Waals surface area contributed by atoms with Crippen molar-refractivity contribution < 1.29 is 4.79 Å². The average Bonchev–Trinajstić information content (AvgIpc) is 2.38. The molecule has 1 amide bonds. The van der Waals surface area contributed by atoms with E-state index in [-0.39, 0.29) is 5.91 Å². The van der Waals surface area contributed by atoms with E-state index in [4.69, 9.17) is 0 Å². The van der Waals surface area contributed by atoms with Crippen molar-refractivity contribution in [1.29, 1.82) is 0 Å². The number of rotatable bonds is 4. The van der Waals surface area contributed by atoms with E-state index in [1.165, 1.54) is 0 Å². The predicted molar refractivity (Wildman–Crippen MR) is 80.1 cm³/mol.